The molecule has 2 aliphatic rings. The minimum Gasteiger partial charge on any atom is -0.494 e. The Morgan fingerprint density at radius 1 is 1.15 bits per heavy atom. The molecule has 1 aliphatic heterocycles. The molecule has 4 heteroatoms. The quantitative estimate of drug-likeness (QED) is 0.678. The summed E-state index contributed by atoms with van der Waals surface area (Å²) < 4.78 is 11.0. The first kappa shape index (κ1) is 18.6. The van der Waals surface area contributed by atoms with Crippen molar-refractivity contribution in [2.45, 2.75) is 45.1 Å². The molecule has 146 valence electrons. The molecule has 1 aromatic carbocycles. The lowest BCUT2D eigenvalue weighted by Gasteiger charge is -2.28. The van der Waals surface area contributed by atoms with Crippen molar-refractivity contribution < 1.29 is 9.15 Å². The summed E-state index contributed by atoms with van der Waals surface area (Å²) in [6, 6.07) is 8.74. The topological polar surface area (TPSA) is 37.6 Å². The number of nitrogens with zero attached hydrogens (tertiary/aromatic N) is 1. The Morgan fingerprint density at radius 2 is 2.07 bits per heavy atom. The van der Waals surface area contributed by atoms with Crippen LogP contribution in [0, 0.1) is 5.92 Å². The molecule has 0 saturated carbocycles. The summed E-state index contributed by atoms with van der Waals surface area (Å²) in [4.78, 5) is 2.66. The van der Waals surface area contributed by atoms with Gasteiger partial charge in [0.25, 0.3) is 0 Å². The van der Waals surface area contributed by atoms with Crippen LogP contribution in [0.25, 0.3) is 0 Å². The molecule has 1 saturated heterocycles. The molecule has 0 amide bonds. The molecule has 1 atom stereocenters. The number of nitrogens with one attached hydrogen (secondary N) is 1. The second-order valence-corrected chi connectivity index (χ2v) is 8.06. The predicted molar refractivity (Wildman–Crippen MR) is 108 cm³/mol. The van der Waals surface area contributed by atoms with E-state index in [0.29, 0.717) is 0 Å². The Kier molecular flexibility index (Phi) is 6.49. The van der Waals surface area contributed by atoms with Crippen molar-refractivity contribution in [2.75, 3.05) is 32.8 Å². The van der Waals surface area contributed by atoms with Gasteiger partial charge in [-0.05, 0) is 93.4 Å². The first-order chi connectivity index (χ1) is 13.4. The largest absolute Gasteiger partial charge is 0.494 e. The Bertz CT molecular complexity index is 692. The molecule has 2 aromatic rings. The zero-order valence-electron chi connectivity index (χ0n) is 16.3. The van der Waals surface area contributed by atoms with Gasteiger partial charge in [0.15, 0.2) is 0 Å². The van der Waals surface area contributed by atoms with E-state index in [1.54, 1.807) is 18.1 Å². The van der Waals surface area contributed by atoms with Crippen LogP contribution in [0.3, 0.4) is 0 Å². The summed E-state index contributed by atoms with van der Waals surface area (Å²) in [7, 11) is 0. The minimum absolute atomic E-state index is 0.759. The summed E-state index contributed by atoms with van der Waals surface area (Å²) in [5.74, 6) is 1.87. The maximum absolute atomic E-state index is 5.98. The normalized spacial score (nSPS) is 19.9. The molecule has 1 unspecified atom stereocenters. The third-order valence-corrected chi connectivity index (χ3v) is 5.90. The SMILES string of the molecule is c1cc(CNCCCOc2ccc3c(c2)CCC(CN2CCCC2)C3)co1. The lowest BCUT2D eigenvalue weighted by atomic mass is 9.83. The first-order valence-corrected chi connectivity index (χ1v) is 10.6. The third-order valence-electron chi connectivity index (χ3n) is 5.90. The Balaban J connectivity index is 1.17. The van der Waals surface area contributed by atoms with Crippen LogP contribution in [-0.4, -0.2) is 37.7 Å². The number of rotatable bonds is 9. The number of hydrogen-bond acceptors (Lipinski definition) is 4. The molecule has 2 heterocycles. The van der Waals surface area contributed by atoms with Crippen molar-refractivity contribution in [1.29, 1.82) is 0 Å². The summed E-state index contributed by atoms with van der Waals surface area (Å²) in [5, 5.41) is 3.41. The second-order valence-electron chi connectivity index (χ2n) is 8.06. The van der Waals surface area contributed by atoms with E-state index in [1.807, 2.05) is 6.07 Å². The highest BCUT2D eigenvalue weighted by Gasteiger charge is 2.22. The number of hydrogen-bond donors (Lipinski definition) is 1. The van der Waals surface area contributed by atoms with Gasteiger partial charge in [0.05, 0.1) is 19.1 Å². The Labute approximate surface area is 162 Å². The molecule has 4 nitrogen and oxygen atoms in total. The van der Waals surface area contributed by atoms with Gasteiger partial charge in [-0.3, -0.25) is 0 Å². The standard InChI is InChI=1S/C23H32N2O2/c1-2-11-25(10-1)17-19-4-5-22-15-23(7-6-21(22)14-19)27-12-3-9-24-16-20-8-13-26-18-20/h6-8,13,15,18-19,24H,1-5,9-12,14,16-17H2. The monoisotopic (exact) mass is 368 g/mol. The van der Waals surface area contributed by atoms with E-state index in [2.05, 4.69) is 28.4 Å². The first-order valence-electron chi connectivity index (χ1n) is 10.6. The van der Waals surface area contributed by atoms with Gasteiger partial charge in [-0.15, -0.1) is 0 Å². The van der Waals surface area contributed by atoms with Crippen LogP contribution in [0.2, 0.25) is 0 Å². The van der Waals surface area contributed by atoms with Gasteiger partial charge in [-0.25, -0.2) is 0 Å². The number of benzene rings is 1. The Hall–Kier alpha value is -1.78. The molecule has 27 heavy (non-hydrogen) atoms. The summed E-state index contributed by atoms with van der Waals surface area (Å²) >= 11 is 0. The van der Waals surface area contributed by atoms with E-state index < -0.39 is 0 Å². The van der Waals surface area contributed by atoms with Gasteiger partial charge in [0, 0.05) is 18.7 Å². The van der Waals surface area contributed by atoms with Crippen molar-refractivity contribution in [3.8, 4) is 5.75 Å². The van der Waals surface area contributed by atoms with Crippen molar-refractivity contribution in [1.82, 2.24) is 10.2 Å². The maximum Gasteiger partial charge on any atom is 0.119 e. The fourth-order valence-electron chi connectivity index (χ4n) is 4.40. The van der Waals surface area contributed by atoms with Crippen molar-refractivity contribution in [3.05, 3.63) is 53.5 Å². The second kappa shape index (κ2) is 9.43. The number of ether oxygens (including phenoxy) is 1. The van der Waals surface area contributed by atoms with Gasteiger partial charge >= 0.3 is 0 Å². The number of likely N-dealkylation sites (tertiary alicyclic amines) is 1. The van der Waals surface area contributed by atoms with E-state index in [-0.39, 0.29) is 0 Å². The van der Waals surface area contributed by atoms with E-state index in [9.17, 15) is 0 Å². The lowest BCUT2D eigenvalue weighted by molar-refractivity contribution is 0.261. The summed E-state index contributed by atoms with van der Waals surface area (Å²) in [6.45, 7) is 6.49. The number of aryl methyl sites for hydroxylation is 1. The van der Waals surface area contributed by atoms with Gasteiger partial charge in [-0.1, -0.05) is 6.07 Å². The van der Waals surface area contributed by atoms with Crippen molar-refractivity contribution >= 4 is 0 Å². The average Bonchev–Trinajstić information content (AvgIpc) is 3.38. The highest BCUT2D eigenvalue weighted by molar-refractivity contribution is 5.37. The maximum atomic E-state index is 5.98. The average molecular weight is 369 g/mol. The van der Waals surface area contributed by atoms with Gasteiger partial charge in [0.1, 0.15) is 5.75 Å². The lowest BCUT2D eigenvalue weighted by Crippen LogP contribution is -2.30. The smallest absolute Gasteiger partial charge is 0.119 e. The summed E-state index contributed by atoms with van der Waals surface area (Å²) in [6.07, 6.45) is 11.1. The molecule has 1 aliphatic carbocycles. The van der Waals surface area contributed by atoms with E-state index in [1.165, 1.54) is 62.9 Å². The Morgan fingerprint density at radius 3 is 2.93 bits per heavy atom. The van der Waals surface area contributed by atoms with Crippen molar-refractivity contribution in [2.24, 2.45) is 5.92 Å². The predicted octanol–water partition coefficient (Wildman–Crippen LogP) is 4.04. The fourth-order valence-corrected chi connectivity index (χ4v) is 4.40. The van der Waals surface area contributed by atoms with E-state index in [4.69, 9.17) is 9.15 Å². The van der Waals surface area contributed by atoms with Crippen LogP contribution in [0.4, 0.5) is 0 Å². The van der Waals surface area contributed by atoms with Crippen LogP contribution in [0.15, 0.2) is 41.2 Å². The fraction of sp³-hybridized carbons (Fsp3) is 0.565. The van der Waals surface area contributed by atoms with Crippen LogP contribution in [-0.2, 0) is 19.4 Å². The molecule has 0 spiro atoms. The van der Waals surface area contributed by atoms with Crippen LogP contribution < -0.4 is 10.1 Å². The summed E-state index contributed by atoms with van der Waals surface area (Å²) in [5.41, 5.74) is 4.23. The van der Waals surface area contributed by atoms with Crippen LogP contribution in [0.1, 0.15) is 42.4 Å². The van der Waals surface area contributed by atoms with Crippen LogP contribution >= 0.6 is 0 Å². The van der Waals surface area contributed by atoms with Gasteiger partial charge in [0.2, 0.25) is 0 Å². The molecule has 1 aromatic heterocycles. The van der Waals surface area contributed by atoms with E-state index >= 15 is 0 Å². The van der Waals surface area contributed by atoms with Gasteiger partial charge < -0.3 is 19.4 Å². The molecular weight excluding hydrogens is 336 g/mol. The zero-order chi connectivity index (χ0) is 18.3. The van der Waals surface area contributed by atoms with Crippen LogP contribution in [0.5, 0.6) is 5.75 Å². The third kappa shape index (κ3) is 5.36. The minimum atomic E-state index is 0.759. The van der Waals surface area contributed by atoms with E-state index in [0.717, 1.165) is 37.8 Å². The highest BCUT2D eigenvalue weighted by Crippen LogP contribution is 2.29. The molecule has 1 N–H and O–H groups in total. The number of furan rings is 1. The molecule has 1 fully saturated rings. The zero-order valence-corrected chi connectivity index (χ0v) is 16.3. The molecule has 0 bridgehead atoms. The highest BCUT2D eigenvalue weighted by atomic mass is 16.5. The van der Waals surface area contributed by atoms with Gasteiger partial charge in [-0.2, -0.15) is 0 Å². The molecule has 0 radical (unpaired) electrons. The number of fused-ring (bicyclic) bond motifs is 1. The molecule has 4 rings (SSSR count). The molecular formula is C23H32N2O2. The van der Waals surface area contributed by atoms with Crippen molar-refractivity contribution in [3.63, 3.8) is 0 Å².